The van der Waals surface area contributed by atoms with Crippen LogP contribution in [-0.2, 0) is 16.6 Å². The van der Waals surface area contributed by atoms with Crippen LogP contribution in [0.4, 0.5) is 0 Å². The van der Waals surface area contributed by atoms with Crippen molar-refractivity contribution in [2.75, 3.05) is 6.61 Å². The van der Waals surface area contributed by atoms with Gasteiger partial charge in [0.15, 0.2) is 0 Å². The number of aliphatic hydroxyl groups excluding tert-OH is 1. The van der Waals surface area contributed by atoms with Crippen LogP contribution in [0.2, 0.25) is 0 Å². The standard InChI is InChI=1S/C14H15NO3S3/c1-11-5-6-14(20-11)21(17,18)15-10-13-12(7-9-19-13)4-2-3-8-16/h5-7,9,15-16H,3,8,10H2,1H3. The zero-order chi connectivity index (χ0) is 15.3. The quantitative estimate of drug-likeness (QED) is 0.820. The van der Waals surface area contributed by atoms with Crippen LogP contribution in [0, 0.1) is 18.8 Å². The summed E-state index contributed by atoms with van der Waals surface area (Å²) in [5.41, 5.74) is 0.804. The maximum atomic E-state index is 12.1. The summed E-state index contributed by atoms with van der Waals surface area (Å²) in [6.45, 7) is 2.12. The Labute approximate surface area is 132 Å². The van der Waals surface area contributed by atoms with E-state index in [2.05, 4.69) is 16.6 Å². The van der Waals surface area contributed by atoms with Gasteiger partial charge in [0.25, 0.3) is 0 Å². The third-order valence-electron chi connectivity index (χ3n) is 2.61. The first-order valence-corrected chi connectivity index (χ1v) is 9.43. The Morgan fingerprint density at radius 1 is 1.33 bits per heavy atom. The molecule has 112 valence electrons. The van der Waals surface area contributed by atoms with Crippen LogP contribution in [0.15, 0.2) is 27.8 Å². The number of hydrogen-bond donors (Lipinski definition) is 2. The Kier molecular flexibility index (Phi) is 5.56. The Morgan fingerprint density at radius 3 is 2.81 bits per heavy atom. The maximum absolute atomic E-state index is 12.1. The highest BCUT2D eigenvalue weighted by atomic mass is 32.2. The van der Waals surface area contributed by atoms with E-state index in [0.717, 1.165) is 15.3 Å². The fourth-order valence-electron chi connectivity index (χ4n) is 1.59. The monoisotopic (exact) mass is 341 g/mol. The zero-order valence-electron chi connectivity index (χ0n) is 11.4. The average Bonchev–Trinajstić information content (AvgIpc) is 3.06. The van der Waals surface area contributed by atoms with Crippen molar-refractivity contribution >= 4 is 32.7 Å². The summed E-state index contributed by atoms with van der Waals surface area (Å²) in [6.07, 6.45) is 0.412. The number of rotatable bonds is 5. The molecule has 0 unspecified atom stereocenters. The number of hydrogen-bond acceptors (Lipinski definition) is 5. The average molecular weight is 341 g/mol. The summed E-state index contributed by atoms with van der Waals surface area (Å²) in [5, 5.41) is 10.6. The molecule has 2 aromatic rings. The first-order chi connectivity index (χ1) is 10.0. The van der Waals surface area contributed by atoms with Gasteiger partial charge in [-0.2, -0.15) is 0 Å². The van der Waals surface area contributed by atoms with Crippen LogP contribution < -0.4 is 4.72 Å². The smallest absolute Gasteiger partial charge is 0.250 e. The van der Waals surface area contributed by atoms with Crippen LogP contribution in [0.1, 0.15) is 21.7 Å². The maximum Gasteiger partial charge on any atom is 0.250 e. The van der Waals surface area contributed by atoms with Crippen LogP contribution in [0.5, 0.6) is 0 Å². The Balaban J connectivity index is 2.07. The second-order valence-corrected chi connectivity index (χ2v) is 8.50. The van der Waals surface area contributed by atoms with Gasteiger partial charge in [0.05, 0.1) is 6.61 Å². The van der Waals surface area contributed by atoms with Crippen LogP contribution in [0.3, 0.4) is 0 Å². The molecule has 4 nitrogen and oxygen atoms in total. The summed E-state index contributed by atoms with van der Waals surface area (Å²) >= 11 is 2.71. The molecule has 0 atom stereocenters. The predicted octanol–water partition coefficient (Wildman–Crippen LogP) is 2.33. The number of aliphatic hydroxyl groups is 1. The van der Waals surface area contributed by atoms with E-state index in [1.165, 1.54) is 22.7 Å². The lowest BCUT2D eigenvalue weighted by molar-refractivity contribution is 0.305. The molecule has 0 aliphatic heterocycles. The summed E-state index contributed by atoms with van der Waals surface area (Å²) in [7, 11) is -3.47. The van der Waals surface area contributed by atoms with Crippen molar-refractivity contribution in [1.82, 2.24) is 4.72 Å². The van der Waals surface area contributed by atoms with E-state index in [4.69, 9.17) is 5.11 Å². The number of sulfonamides is 1. The molecule has 2 aromatic heterocycles. The summed E-state index contributed by atoms with van der Waals surface area (Å²) in [4.78, 5) is 1.83. The lowest BCUT2D eigenvalue weighted by Crippen LogP contribution is -2.22. The molecule has 2 rings (SSSR count). The van der Waals surface area contributed by atoms with Crippen LogP contribution in [0.25, 0.3) is 0 Å². The third kappa shape index (κ3) is 4.40. The highest BCUT2D eigenvalue weighted by molar-refractivity contribution is 7.91. The minimum Gasteiger partial charge on any atom is -0.395 e. The minimum atomic E-state index is -3.47. The molecule has 2 N–H and O–H groups in total. The van der Waals surface area contributed by atoms with Gasteiger partial charge >= 0.3 is 0 Å². The molecule has 0 saturated heterocycles. The fraction of sp³-hybridized carbons (Fsp3) is 0.286. The second kappa shape index (κ2) is 7.20. The number of nitrogens with one attached hydrogen (secondary N) is 1. The molecule has 21 heavy (non-hydrogen) atoms. The van der Waals surface area contributed by atoms with Gasteiger partial charge < -0.3 is 5.11 Å². The molecular weight excluding hydrogens is 326 g/mol. The van der Waals surface area contributed by atoms with Gasteiger partial charge in [-0.1, -0.05) is 11.8 Å². The highest BCUT2D eigenvalue weighted by Crippen LogP contribution is 2.22. The SMILES string of the molecule is Cc1ccc(S(=O)(=O)NCc2sccc2C#CCCO)s1. The first kappa shape index (κ1) is 16.2. The van der Waals surface area contributed by atoms with Crippen molar-refractivity contribution in [3.8, 4) is 11.8 Å². The number of aryl methyl sites for hydroxylation is 1. The normalized spacial score (nSPS) is 11.1. The van der Waals surface area contributed by atoms with Crippen molar-refractivity contribution in [2.45, 2.75) is 24.1 Å². The van der Waals surface area contributed by atoms with Crippen LogP contribution >= 0.6 is 22.7 Å². The first-order valence-electron chi connectivity index (χ1n) is 6.25. The lowest BCUT2D eigenvalue weighted by atomic mass is 10.2. The van der Waals surface area contributed by atoms with E-state index >= 15 is 0 Å². The molecule has 2 heterocycles. The minimum absolute atomic E-state index is 0.0246. The third-order valence-corrected chi connectivity index (χ3v) is 6.42. The molecule has 0 bridgehead atoms. The topological polar surface area (TPSA) is 66.4 Å². The molecule has 0 spiro atoms. The van der Waals surface area contributed by atoms with Gasteiger partial charge in [-0.25, -0.2) is 13.1 Å². The fourth-order valence-corrected chi connectivity index (χ4v) is 4.78. The molecule has 7 heteroatoms. The summed E-state index contributed by atoms with van der Waals surface area (Å²) in [5.74, 6) is 5.78. The molecular formula is C14H15NO3S3. The molecule has 0 saturated carbocycles. The summed E-state index contributed by atoms with van der Waals surface area (Å²) < 4.78 is 27.2. The Bertz CT molecular complexity index is 763. The van der Waals surface area contributed by atoms with E-state index in [9.17, 15) is 8.42 Å². The molecule has 0 radical (unpaired) electrons. The van der Waals surface area contributed by atoms with E-state index in [1.807, 2.05) is 18.4 Å². The van der Waals surface area contributed by atoms with Gasteiger partial charge in [-0.15, -0.1) is 22.7 Å². The van der Waals surface area contributed by atoms with Crippen molar-refractivity contribution in [1.29, 1.82) is 0 Å². The molecule has 0 aliphatic rings. The van der Waals surface area contributed by atoms with E-state index < -0.39 is 10.0 Å². The molecule has 0 amide bonds. The van der Waals surface area contributed by atoms with Gasteiger partial charge in [-0.05, 0) is 30.5 Å². The Morgan fingerprint density at radius 2 is 2.14 bits per heavy atom. The van der Waals surface area contributed by atoms with Gasteiger partial charge in [0.1, 0.15) is 4.21 Å². The highest BCUT2D eigenvalue weighted by Gasteiger charge is 2.16. The van der Waals surface area contributed by atoms with Crippen molar-refractivity contribution in [3.63, 3.8) is 0 Å². The second-order valence-electron chi connectivity index (χ2n) is 4.22. The molecule has 0 aliphatic carbocycles. The largest absolute Gasteiger partial charge is 0.395 e. The van der Waals surface area contributed by atoms with Gasteiger partial charge in [-0.3, -0.25) is 0 Å². The van der Waals surface area contributed by atoms with Crippen LogP contribution in [-0.4, -0.2) is 20.1 Å². The lowest BCUT2D eigenvalue weighted by Gasteiger charge is -2.03. The van der Waals surface area contributed by atoms with Crippen molar-refractivity contribution in [3.05, 3.63) is 38.9 Å². The van der Waals surface area contributed by atoms with E-state index in [0.29, 0.717) is 10.6 Å². The van der Waals surface area contributed by atoms with Crippen molar-refractivity contribution in [2.24, 2.45) is 0 Å². The van der Waals surface area contributed by atoms with Crippen molar-refractivity contribution < 1.29 is 13.5 Å². The molecule has 0 fully saturated rings. The summed E-state index contributed by atoms with van der Waals surface area (Å²) in [6, 6.07) is 5.25. The van der Waals surface area contributed by atoms with E-state index in [1.54, 1.807) is 12.1 Å². The van der Waals surface area contributed by atoms with Gasteiger partial charge in [0.2, 0.25) is 10.0 Å². The Hall–Kier alpha value is -1.17. The molecule has 0 aromatic carbocycles. The predicted molar refractivity (Wildman–Crippen MR) is 86.0 cm³/mol. The zero-order valence-corrected chi connectivity index (χ0v) is 13.9. The number of thiophene rings is 2. The van der Waals surface area contributed by atoms with E-state index in [-0.39, 0.29) is 13.2 Å². The van der Waals surface area contributed by atoms with Gasteiger partial charge in [0, 0.05) is 28.3 Å².